The van der Waals surface area contributed by atoms with E-state index in [-0.39, 0.29) is 11.6 Å². The van der Waals surface area contributed by atoms with Crippen LogP contribution in [0.5, 0.6) is 5.75 Å². The number of nitro groups is 1. The first-order valence-corrected chi connectivity index (χ1v) is 8.81. The number of carbonyl (C=O) groups is 1. The van der Waals surface area contributed by atoms with Crippen LogP contribution in [-0.2, 0) is 0 Å². The number of non-ortho nitro benzene ring substituents is 1. The molecular weight excluding hydrogens is 360 g/mol. The van der Waals surface area contributed by atoms with Gasteiger partial charge < -0.3 is 10.1 Å². The van der Waals surface area contributed by atoms with Gasteiger partial charge in [0, 0.05) is 24.2 Å². The summed E-state index contributed by atoms with van der Waals surface area (Å²) in [6, 6.07) is 15.0. The third-order valence-corrected chi connectivity index (χ3v) is 4.17. The van der Waals surface area contributed by atoms with Gasteiger partial charge in [-0.15, -0.1) is 0 Å². The number of hydrogen-bond donors (Lipinski definition) is 1. The second kappa shape index (κ2) is 8.34. The standard InChI is InChI=1S/C20H20N4O4/c1-3-12-21-20(25)19-13-18(14-4-10-17(28-2)11-5-14)22-23(19)15-6-8-16(9-7-15)24(26)27/h4-11,13H,3,12H2,1-2H3,(H,21,25). The normalized spacial score (nSPS) is 10.5. The number of hydrogen-bond acceptors (Lipinski definition) is 5. The molecule has 8 nitrogen and oxygen atoms in total. The number of benzene rings is 2. The van der Waals surface area contributed by atoms with E-state index in [1.807, 2.05) is 31.2 Å². The highest BCUT2D eigenvalue weighted by molar-refractivity contribution is 5.94. The zero-order chi connectivity index (χ0) is 20.1. The van der Waals surface area contributed by atoms with Crippen molar-refractivity contribution in [3.63, 3.8) is 0 Å². The largest absolute Gasteiger partial charge is 0.497 e. The molecule has 2 aromatic carbocycles. The van der Waals surface area contributed by atoms with E-state index < -0.39 is 4.92 Å². The number of nitro benzene ring substituents is 1. The van der Waals surface area contributed by atoms with Crippen LogP contribution in [0.1, 0.15) is 23.8 Å². The van der Waals surface area contributed by atoms with Gasteiger partial charge in [0.2, 0.25) is 0 Å². The molecular formula is C20H20N4O4. The topological polar surface area (TPSA) is 99.3 Å². The van der Waals surface area contributed by atoms with E-state index >= 15 is 0 Å². The van der Waals surface area contributed by atoms with Gasteiger partial charge in [-0.2, -0.15) is 5.10 Å². The lowest BCUT2D eigenvalue weighted by atomic mass is 10.1. The average molecular weight is 380 g/mol. The third kappa shape index (κ3) is 4.01. The van der Waals surface area contributed by atoms with Crippen molar-refractivity contribution < 1.29 is 14.5 Å². The van der Waals surface area contributed by atoms with E-state index in [0.29, 0.717) is 23.6 Å². The predicted molar refractivity (Wildman–Crippen MR) is 105 cm³/mol. The van der Waals surface area contributed by atoms with Gasteiger partial charge in [0.1, 0.15) is 11.4 Å². The highest BCUT2D eigenvalue weighted by Crippen LogP contribution is 2.25. The van der Waals surface area contributed by atoms with Crippen molar-refractivity contribution in [3.05, 3.63) is 70.4 Å². The molecule has 3 rings (SSSR count). The zero-order valence-corrected chi connectivity index (χ0v) is 15.6. The summed E-state index contributed by atoms with van der Waals surface area (Å²) in [5.74, 6) is 0.465. The van der Waals surface area contributed by atoms with Gasteiger partial charge in [-0.1, -0.05) is 6.92 Å². The van der Waals surface area contributed by atoms with Crippen LogP contribution >= 0.6 is 0 Å². The Morgan fingerprint density at radius 2 is 1.86 bits per heavy atom. The van der Waals surface area contributed by atoms with Crippen LogP contribution in [0, 0.1) is 10.1 Å². The first-order valence-electron chi connectivity index (χ1n) is 8.81. The van der Waals surface area contributed by atoms with Crippen LogP contribution in [0.4, 0.5) is 5.69 Å². The van der Waals surface area contributed by atoms with Crippen LogP contribution in [0.3, 0.4) is 0 Å². The Bertz CT molecular complexity index is 978. The van der Waals surface area contributed by atoms with E-state index in [0.717, 1.165) is 17.7 Å². The van der Waals surface area contributed by atoms with Crippen molar-refractivity contribution in [1.82, 2.24) is 15.1 Å². The van der Waals surface area contributed by atoms with E-state index in [9.17, 15) is 14.9 Å². The number of nitrogens with one attached hydrogen (secondary N) is 1. The van der Waals surface area contributed by atoms with Gasteiger partial charge in [-0.05, 0) is 48.9 Å². The minimum Gasteiger partial charge on any atom is -0.497 e. The van der Waals surface area contributed by atoms with E-state index in [2.05, 4.69) is 10.4 Å². The highest BCUT2D eigenvalue weighted by Gasteiger charge is 2.18. The Kier molecular flexibility index (Phi) is 5.69. The molecule has 0 radical (unpaired) electrons. The number of rotatable bonds is 7. The number of nitrogens with zero attached hydrogens (tertiary/aromatic N) is 3. The van der Waals surface area contributed by atoms with Gasteiger partial charge >= 0.3 is 0 Å². The van der Waals surface area contributed by atoms with Crippen LogP contribution in [0.25, 0.3) is 16.9 Å². The molecule has 144 valence electrons. The predicted octanol–water partition coefficient (Wildman–Crippen LogP) is 3.60. The number of methoxy groups -OCH3 is 1. The smallest absolute Gasteiger partial charge is 0.270 e. The summed E-state index contributed by atoms with van der Waals surface area (Å²) in [5, 5.41) is 18.3. The number of carbonyl (C=O) groups excluding carboxylic acids is 1. The summed E-state index contributed by atoms with van der Waals surface area (Å²) in [4.78, 5) is 23.0. The Morgan fingerprint density at radius 3 is 2.43 bits per heavy atom. The van der Waals surface area contributed by atoms with Crippen LogP contribution in [-0.4, -0.2) is 34.3 Å². The molecule has 0 bridgehead atoms. The zero-order valence-electron chi connectivity index (χ0n) is 15.6. The fourth-order valence-corrected chi connectivity index (χ4v) is 2.69. The molecule has 3 aromatic rings. The molecule has 0 aliphatic rings. The van der Waals surface area contributed by atoms with Crippen molar-refractivity contribution in [3.8, 4) is 22.7 Å². The minimum atomic E-state index is -0.468. The maximum Gasteiger partial charge on any atom is 0.270 e. The van der Waals surface area contributed by atoms with Crippen LogP contribution in [0.2, 0.25) is 0 Å². The van der Waals surface area contributed by atoms with Gasteiger partial charge in [0.15, 0.2) is 0 Å². The fraction of sp³-hybridized carbons (Fsp3) is 0.200. The van der Waals surface area contributed by atoms with Crippen LogP contribution < -0.4 is 10.1 Å². The summed E-state index contributed by atoms with van der Waals surface area (Å²) < 4.78 is 6.67. The molecule has 0 saturated carbocycles. The second-order valence-electron chi connectivity index (χ2n) is 6.08. The second-order valence-corrected chi connectivity index (χ2v) is 6.08. The number of ether oxygens (including phenoxy) is 1. The molecule has 1 amide bonds. The van der Waals surface area contributed by atoms with E-state index in [4.69, 9.17) is 4.74 Å². The fourth-order valence-electron chi connectivity index (χ4n) is 2.69. The summed E-state index contributed by atoms with van der Waals surface area (Å²) in [5.41, 5.74) is 2.33. The summed E-state index contributed by atoms with van der Waals surface area (Å²) in [6.07, 6.45) is 0.808. The summed E-state index contributed by atoms with van der Waals surface area (Å²) >= 11 is 0. The Hall–Kier alpha value is -3.68. The molecule has 1 heterocycles. The van der Waals surface area contributed by atoms with Crippen molar-refractivity contribution >= 4 is 11.6 Å². The number of amides is 1. The van der Waals surface area contributed by atoms with Gasteiger partial charge in [-0.3, -0.25) is 14.9 Å². The van der Waals surface area contributed by atoms with Crippen LogP contribution in [0.15, 0.2) is 54.6 Å². The van der Waals surface area contributed by atoms with E-state index in [1.165, 1.54) is 16.8 Å². The van der Waals surface area contributed by atoms with Gasteiger partial charge in [0.25, 0.3) is 11.6 Å². The lowest BCUT2D eigenvalue weighted by Gasteiger charge is -2.07. The quantitative estimate of drug-likeness (QED) is 0.499. The molecule has 0 aliphatic heterocycles. The lowest BCUT2D eigenvalue weighted by molar-refractivity contribution is -0.384. The Labute approximate surface area is 161 Å². The maximum atomic E-state index is 12.6. The molecule has 1 N–H and O–H groups in total. The molecule has 8 heteroatoms. The lowest BCUT2D eigenvalue weighted by Crippen LogP contribution is -2.26. The van der Waals surface area contributed by atoms with Crippen molar-refractivity contribution in [1.29, 1.82) is 0 Å². The van der Waals surface area contributed by atoms with Crippen molar-refractivity contribution in [2.24, 2.45) is 0 Å². The molecule has 0 unspecified atom stereocenters. The summed E-state index contributed by atoms with van der Waals surface area (Å²) in [6.45, 7) is 2.51. The monoisotopic (exact) mass is 380 g/mol. The molecule has 0 fully saturated rings. The molecule has 28 heavy (non-hydrogen) atoms. The van der Waals surface area contributed by atoms with Crippen molar-refractivity contribution in [2.75, 3.05) is 13.7 Å². The highest BCUT2D eigenvalue weighted by atomic mass is 16.6. The third-order valence-electron chi connectivity index (χ3n) is 4.17. The molecule has 0 saturated heterocycles. The first-order chi connectivity index (χ1) is 13.5. The van der Waals surface area contributed by atoms with Crippen molar-refractivity contribution in [2.45, 2.75) is 13.3 Å². The average Bonchev–Trinajstić information content (AvgIpc) is 3.17. The Morgan fingerprint density at radius 1 is 1.18 bits per heavy atom. The minimum absolute atomic E-state index is 0.0248. The maximum absolute atomic E-state index is 12.6. The molecule has 0 atom stereocenters. The number of aromatic nitrogens is 2. The molecule has 0 spiro atoms. The summed E-state index contributed by atoms with van der Waals surface area (Å²) in [7, 11) is 1.59. The first kappa shape index (κ1) is 19.1. The Balaban J connectivity index is 2.03. The molecule has 0 aliphatic carbocycles. The molecule has 1 aromatic heterocycles. The van der Waals surface area contributed by atoms with Gasteiger partial charge in [0.05, 0.1) is 23.4 Å². The van der Waals surface area contributed by atoms with E-state index in [1.54, 1.807) is 25.3 Å². The van der Waals surface area contributed by atoms with Gasteiger partial charge in [-0.25, -0.2) is 4.68 Å². The SMILES string of the molecule is CCCNC(=O)c1cc(-c2ccc(OC)cc2)nn1-c1ccc([N+](=O)[O-])cc1.